The Labute approximate surface area is 164 Å². The van der Waals surface area contributed by atoms with Crippen molar-refractivity contribution in [2.24, 2.45) is 5.92 Å². The molecule has 1 aromatic rings. The van der Waals surface area contributed by atoms with Gasteiger partial charge >= 0.3 is 0 Å². The van der Waals surface area contributed by atoms with E-state index >= 15 is 0 Å². The summed E-state index contributed by atoms with van der Waals surface area (Å²) < 4.78 is 44.1. The fourth-order valence-electron chi connectivity index (χ4n) is 2.57. The lowest BCUT2D eigenvalue weighted by molar-refractivity contribution is -0.120. The zero-order chi connectivity index (χ0) is 21.3. The zero-order valence-electron chi connectivity index (χ0n) is 16.0. The van der Waals surface area contributed by atoms with E-state index in [1.165, 1.54) is 24.3 Å². The number of Topliss-reactive ketones (excluding diaryl/α,β-unsaturated/α-hetero) is 2. The normalized spacial score (nSPS) is 13.6. The number of rotatable bonds is 12. The fraction of sp³-hybridized carbons (Fsp3) is 0.526. The number of benzene rings is 1. The summed E-state index contributed by atoms with van der Waals surface area (Å²) in [5, 5.41) is 0.858. The Hall–Kier alpha value is -2.13. The maximum atomic E-state index is 12.5. The van der Waals surface area contributed by atoms with Crippen LogP contribution in [0.2, 0.25) is 0 Å². The molecule has 9 heteroatoms. The number of amides is 1. The van der Waals surface area contributed by atoms with Gasteiger partial charge in [0.15, 0.2) is 11.0 Å². The van der Waals surface area contributed by atoms with Crippen molar-refractivity contribution in [3.05, 3.63) is 35.4 Å². The summed E-state index contributed by atoms with van der Waals surface area (Å²) in [5.41, 5.74) is 0.244. The van der Waals surface area contributed by atoms with Gasteiger partial charge in [-0.05, 0) is 31.9 Å². The molecule has 2 unspecified atom stereocenters. The van der Waals surface area contributed by atoms with Crippen molar-refractivity contribution >= 4 is 27.6 Å². The maximum Gasteiger partial charge on any atom is 0.275 e. The van der Waals surface area contributed by atoms with Crippen molar-refractivity contribution in [3.63, 3.8) is 0 Å². The average molecular weight is 415 g/mol. The lowest BCUT2D eigenvalue weighted by atomic mass is 10.0. The number of nitrogens with one attached hydrogen (secondary N) is 1. The first-order valence-corrected chi connectivity index (χ1v) is 10.5. The Morgan fingerprint density at radius 1 is 1.07 bits per heavy atom. The van der Waals surface area contributed by atoms with Gasteiger partial charge in [0.25, 0.3) is 16.0 Å². The van der Waals surface area contributed by atoms with Gasteiger partial charge in [-0.15, -0.1) is 0 Å². The van der Waals surface area contributed by atoms with Gasteiger partial charge in [0.1, 0.15) is 5.78 Å². The first-order valence-electron chi connectivity index (χ1n) is 9.03. The molecule has 0 heterocycles. The topological polar surface area (TPSA) is 118 Å². The molecule has 0 saturated carbocycles. The summed E-state index contributed by atoms with van der Waals surface area (Å²) in [7, 11) is -4.72. The molecule has 1 rings (SSSR count). The van der Waals surface area contributed by atoms with Crippen LogP contribution < -0.4 is 5.32 Å². The van der Waals surface area contributed by atoms with Gasteiger partial charge in [-0.1, -0.05) is 25.5 Å². The second-order valence-corrected chi connectivity index (χ2v) is 8.29. The number of carbonyl (C=O) groups is 3. The Kier molecular flexibility index (Phi) is 9.40. The molecule has 0 aromatic heterocycles. The van der Waals surface area contributed by atoms with Gasteiger partial charge in [0.2, 0.25) is 0 Å². The van der Waals surface area contributed by atoms with E-state index in [1.54, 1.807) is 6.92 Å². The monoisotopic (exact) mass is 415 g/mol. The lowest BCUT2D eigenvalue weighted by Crippen LogP contribution is -2.30. The van der Waals surface area contributed by atoms with Crippen molar-refractivity contribution in [1.82, 2.24) is 5.32 Å². The highest BCUT2D eigenvalue weighted by Crippen LogP contribution is 2.15. The van der Waals surface area contributed by atoms with Crippen LogP contribution >= 0.6 is 0 Å². The molecular weight excluding hydrogens is 389 g/mol. The van der Waals surface area contributed by atoms with E-state index in [0.29, 0.717) is 6.54 Å². The number of ketones is 2. The van der Waals surface area contributed by atoms with Crippen LogP contribution in [0, 0.1) is 5.92 Å². The van der Waals surface area contributed by atoms with Gasteiger partial charge in [-0.3, -0.25) is 23.3 Å². The number of hydrogen-bond donors (Lipinski definition) is 2. The highest BCUT2D eigenvalue weighted by atomic mass is 32.2. The molecule has 2 N–H and O–H groups in total. The van der Waals surface area contributed by atoms with Crippen molar-refractivity contribution in [2.75, 3.05) is 13.2 Å². The molecule has 7 nitrogen and oxygen atoms in total. The van der Waals surface area contributed by atoms with Crippen LogP contribution in [0.5, 0.6) is 0 Å². The minimum absolute atomic E-state index is 0.00439. The van der Waals surface area contributed by atoms with E-state index in [9.17, 15) is 27.2 Å². The van der Waals surface area contributed by atoms with Gasteiger partial charge in [0.05, 0.1) is 6.67 Å². The molecule has 0 aliphatic rings. The first kappa shape index (κ1) is 23.9. The smallest absolute Gasteiger partial charge is 0.275 e. The molecule has 0 radical (unpaired) electrons. The summed E-state index contributed by atoms with van der Waals surface area (Å²) in [6, 6.07) is 5.25. The Morgan fingerprint density at radius 2 is 1.64 bits per heavy atom. The van der Waals surface area contributed by atoms with Crippen LogP contribution in [0.15, 0.2) is 24.3 Å². The van der Waals surface area contributed by atoms with Crippen LogP contribution in [0.25, 0.3) is 0 Å². The molecule has 0 saturated heterocycles. The summed E-state index contributed by atoms with van der Waals surface area (Å²) >= 11 is 0. The largest absolute Gasteiger partial charge is 0.352 e. The molecular formula is C19H26FNO6S. The molecule has 1 amide bonds. The second kappa shape index (κ2) is 11.0. The van der Waals surface area contributed by atoms with Crippen LogP contribution in [0.4, 0.5) is 4.39 Å². The van der Waals surface area contributed by atoms with Crippen molar-refractivity contribution in [1.29, 1.82) is 0 Å². The van der Waals surface area contributed by atoms with Crippen molar-refractivity contribution < 1.29 is 31.7 Å². The molecule has 28 heavy (non-hydrogen) atoms. The molecule has 0 fully saturated rings. The lowest BCUT2D eigenvalue weighted by Gasteiger charge is -2.11. The summed E-state index contributed by atoms with van der Waals surface area (Å²) in [4.78, 5) is 35.4. The maximum absolute atomic E-state index is 12.5. The number of carbonyl (C=O) groups excluding carboxylic acids is 3. The minimum Gasteiger partial charge on any atom is -0.352 e. The van der Waals surface area contributed by atoms with Gasteiger partial charge in [-0.2, -0.15) is 8.42 Å². The minimum atomic E-state index is -4.72. The van der Waals surface area contributed by atoms with Gasteiger partial charge < -0.3 is 5.32 Å². The third-order valence-corrected chi connectivity index (χ3v) is 5.67. The number of alkyl halides is 1. The van der Waals surface area contributed by atoms with Gasteiger partial charge in [0, 0.05) is 30.0 Å². The summed E-state index contributed by atoms with van der Waals surface area (Å²) in [6.07, 6.45) is 1.65. The van der Waals surface area contributed by atoms with Crippen LogP contribution in [-0.2, 0) is 14.9 Å². The van der Waals surface area contributed by atoms with Gasteiger partial charge in [-0.25, -0.2) is 0 Å². The third kappa shape index (κ3) is 7.47. The predicted molar refractivity (Wildman–Crippen MR) is 103 cm³/mol. The van der Waals surface area contributed by atoms with E-state index in [-0.39, 0.29) is 28.7 Å². The Bertz CT molecular complexity index is 791. The standard InChI is InChI=1S/C19H26FNO6S/c1-13(14(2)22)5-3-4-12-21-19(24)16-8-6-15(7-9-16)18(23)17(10-11-20)28(25,26)27/h6-9,13,17H,3-5,10-12H2,1-2H3,(H,21,24)(H,25,26,27). The van der Waals surface area contributed by atoms with E-state index in [1.807, 2.05) is 6.92 Å². The van der Waals surface area contributed by atoms with Crippen molar-refractivity contribution in [3.8, 4) is 0 Å². The first-order chi connectivity index (χ1) is 13.1. The van der Waals surface area contributed by atoms with Crippen LogP contribution in [0.3, 0.4) is 0 Å². The highest BCUT2D eigenvalue weighted by Gasteiger charge is 2.31. The number of hydrogen-bond acceptors (Lipinski definition) is 5. The number of halogens is 1. The molecule has 156 valence electrons. The second-order valence-electron chi connectivity index (χ2n) is 6.69. The van der Waals surface area contributed by atoms with E-state index in [0.717, 1.165) is 19.3 Å². The summed E-state index contributed by atoms with van der Waals surface area (Å²) in [5.74, 6) is -1.13. The third-order valence-electron chi connectivity index (χ3n) is 4.50. The molecule has 2 atom stereocenters. The quantitative estimate of drug-likeness (QED) is 0.308. The number of unbranched alkanes of at least 4 members (excludes halogenated alkanes) is 1. The highest BCUT2D eigenvalue weighted by molar-refractivity contribution is 7.87. The molecule has 0 aliphatic heterocycles. The van der Waals surface area contributed by atoms with E-state index in [4.69, 9.17) is 4.55 Å². The average Bonchev–Trinajstić information content (AvgIpc) is 2.64. The summed E-state index contributed by atoms with van der Waals surface area (Å²) in [6.45, 7) is 2.79. The molecule has 0 spiro atoms. The SMILES string of the molecule is CC(=O)C(C)CCCCNC(=O)c1ccc(C(=O)C(CCF)S(=O)(=O)O)cc1. The Balaban J connectivity index is 2.60. The molecule has 0 bridgehead atoms. The van der Waals surface area contributed by atoms with Crippen LogP contribution in [0.1, 0.15) is 60.2 Å². The molecule has 0 aliphatic carbocycles. The fourth-order valence-corrected chi connectivity index (χ4v) is 3.36. The Morgan fingerprint density at radius 3 is 2.14 bits per heavy atom. The zero-order valence-corrected chi connectivity index (χ0v) is 16.8. The van der Waals surface area contributed by atoms with Crippen molar-refractivity contribution in [2.45, 2.75) is 44.8 Å². The van der Waals surface area contributed by atoms with Crippen LogP contribution in [-0.4, -0.2) is 48.9 Å². The predicted octanol–water partition coefficient (Wildman–Crippen LogP) is 2.61. The van der Waals surface area contributed by atoms with E-state index < -0.39 is 34.2 Å². The molecule has 1 aromatic carbocycles. The van der Waals surface area contributed by atoms with E-state index in [2.05, 4.69) is 5.32 Å².